The lowest BCUT2D eigenvalue weighted by molar-refractivity contribution is 0.416. The maximum absolute atomic E-state index is 6.20. The van der Waals surface area contributed by atoms with Crippen LogP contribution in [0.15, 0.2) is 24.9 Å². The lowest BCUT2D eigenvalue weighted by Gasteiger charge is -2.24. The fourth-order valence-electron chi connectivity index (χ4n) is 3.72. The van der Waals surface area contributed by atoms with Crippen LogP contribution in [0.1, 0.15) is 28.3 Å². The SMILES string of the molecule is Cc1[nH]nc2c1C(c1cnn(C)c1)c1c(ncn3nc(-c4[nH]ncc4Cl)nc13)O2. The van der Waals surface area contributed by atoms with Gasteiger partial charge in [-0.15, -0.1) is 10.2 Å². The Bertz CT molecular complexity index is 1390. The number of fused-ring (bicyclic) bond motifs is 4. The van der Waals surface area contributed by atoms with E-state index in [2.05, 4.69) is 35.6 Å². The predicted octanol–water partition coefficient (Wildman–Crippen LogP) is 2.22. The van der Waals surface area contributed by atoms with Crippen LogP contribution in [0.5, 0.6) is 11.8 Å². The highest BCUT2D eigenvalue weighted by atomic mass is 35.5. The van der Waals surface area contributed by atoms with Gasteiger partial charge in [-0.25, -0.2) is 14.5 Å². The quantitative estimate of drug-likeness (QED) is 0.449. The Balaban J connectivity index is 1.65. The molecular weight excluding hydrogens is 396 g/mol. The number of nitrogens with zero attached hydrogens (tertiary/aromatic N) is 8. The molecule has 2 N–H and O–H groups in total. The van der Waals surface area contributed by atoms with Gasteiger partial charge in [-0.05, 0) is 6.92 Å². The highest BCUT2D eigenvalue weighted by molar-refractivity contribution is 6.32. The first kappa shape index (κ1) is 16.2. The van der Waals surface area contributed by atoms with Crippen LogP contribution in [-0.2, 0) is 7.05 Å². The first-order valence-electron chi connectivity index (χ1n) is 8.76. The van der Waals surface area contributed by atoms with Crippen molar-refractivity contribution in [1.29, 1.82) is 0 Å². The van der Waals surface area contributed by atoms with Gasteiger partial charge >= 0.3 is 0 Å². The first-order chi connectivity index (χ1) is 14.1. The number of nitrogens with one attached hydrogen (secondary N) is 2. The summed E-state index contributed by atoms with van der Waals surface area (Å²) in [5, 5.41) is 23.4. The summed E-state index contributed by atoms with van der Waals surface area (Å²) >= 11 is 6.20. The van der Waals surface area contributed by atoms with E-state index in [0.717, 1.165) is 22.4 Å². The molecule has 0 saturated heterocycles. The number of aryl methyl sites for hydroxylation is 2. The number of H-pyrrole nitrogens is 2. The van der Waals surface area contributed by atoms with E-state index < -0.39 is 0 Å². The molecule has 0 saturated carbocycles. The zero-order valence-electron chi connectivity index (χ0n) is 15.3. The van der Waals surface area contributed by atoms with Crippen LogP contribution in [0.4, 0.5) is 0 Å². The zero-order chi connectivity index (χ0) is 19.7. The third-order valence-corrected chi connectivity index (χ3v) is 5.28. The Hall–Kier alpha value is -3.73. The number of aromatic amines is 2. The summed E-state index contributed by atoms with van der Waals surface area (Å²) in [6.07, 6.45) is 6.85. The molecule has 1 unspecified atom stereocenters. The van der Waals surface area contributed by atoms with Crippen molar-refractivity contribution in [2.24, 2.45) is 7.05 Å². The Morgan fingerprint density at radius 1 is 1.17 bits per heavy atom. The van der Waals surface area contributed by atoms with Crippen LogP contribution in [0, 0.1) is 6.92 Å². The molecular formula is C17H13ClN10O. The average Bonchev–Trinajstić information content (AvgIpc) is 3.47. The normalized spacial score (nSPS) is 15.3. The van der Waals surface area contributed by atoms with Gasteiger partial charge in [0.05, 0.1) is 28.9 Å². The molecule has 6 heterocycles. The Labute approximate surface area is 167 Å². The van der Waals surface area contributed by atoms with E-state index in [1.165, 1.54) is 6.20 Å². The van der Waals surface area contributed by atoms with Gasteiger partial charge in [0.2, 0.25) is 17.6 Å². The van der Waals surface area contributed by atoms with Crippen LogP contribution < -0.4 is 4.74 Å². The summed E-state index contributed by atoms with van der Waals surface area (Å²) in [6.45, 7) is 1.96. The van der Waals surface area contributed by atoms with Gasteiger partial charge in [-0.1, -0.05) is 11.6 Å². The number of hydrogen-bond acceptors (Lipinski definition) is 7. The fraction of sp³-hybridized carbons (Fsp3) is 0.176. The van der Waals surface area contributed by atoms with Crippen LogP contribution in [-0.4, -0.2) is 49.8 Å². The molecule has 11 nitrogen and oxygen atoms in total. The molecule has 0 spiro atoms. The van der Waals surface area contributed by atoms with Gasteiger partial charge in [0, 0.05) is 30.1 Å². The standard InChI is InChI=1S/C17H13ClN10O/c1-7-10-11(8-3-21-27(2)5-8)12-15-22-14(13-9(18)4-20-24-13)26-28(15)6-19-16(12)29-17(10)25-23-7/h3-6,11H,1-2H3,(H,20,24)(H,23,25). The minimum Gasteiger partial charge on any atom is -0.418 e. The lowest BCUT2D eigenvalue weighted by Crippen LogP contribution is -2.14. The molecule has 0 bridgehead atoms. The van der Waals surface area contributed by atoms with Gasteiger partial charge in [-0.3, -0.25) is 14.9 Å². The average molecular weight is 409 g/mol. The van der Waals surface area contributed by atoms with E-state index in [9.17, 15) is 0 Å². The highest BCUT2D eigenvalue weighted by Gasteiger charge is 2.37. The van der Waals surface area contributed by atoms with E-state index in [1.54, 1.807) is 15.5 Å². The molecule has 12 heteroatoms. The van der Waals surface area contributed by atoms with Gasteiger partial charge in [0.15, 0.2) is 5.65 Å². The van der Waals surface area contributed by atoms with Crippen LogP contribution in [0.2, 0.25) is 5.02 Å². The second-order valence-electron chi connectivity index (χ2n) is 6.81. The molecule has 144 valence electrons. The molecule has 1 aliphatic rings. The first-order valence-corrected chi connectivity index (χ1v) is 9.13. The largest absolute Gasteiger partial charge is 0.418 e. The maximum Gasteiger partial charge on any atom is 0.244 e. The van der Waals surface area contributed by atoms with Crippen LogP contribution in [0.25, 0.3) is 17.2 Å². The van der Waals surface area contributed by atoms with Crippen molar-refractivity contribution in [2.45, 2.75) is 12.8 Å². The molecule has 0 aliphatic carbocycles. The minimum absolute atomic E-state index is 0.216. The van der Waals surface area contributed by atoms with Crippen molar-refractivity contribution in [3.63, 3.8) is 0 Å². The number of aromatic nitrogens is 10. The highest BCUT2D eigenvalue weighted by Crippen LogP contribution is 2.48. The number of hydrogen-bond donors (Lipinski definition) is 2. The summed E-state index contributed by atoms with van der Waals surface area (Å²) in [5.74, 6) is 1.13. The van der Waals surface area contributed by atoms with Gasteiger partial charge in [-0.2, -0.15) is 10.2 Å². The van der Waals surface area contributed by atoms with E-state index in [-0.39, 0.29) is 5.92 Å². The smallest absolute Gasteiger partial charge is 0.244 e. The van der Waals surface area contributed by atoms with Crippen molar-refractivity contribution >= 4 is 17.2 Å². The third-order valence-electron chi connectivity index (χ3n) is 4.99. The fourth-order valence-corrected chi connectivity index (χ4v) is 3.90. The van der Waals surface area contributed by atoms with Gasteiger partial charge < -0.3 is 4.74 Å². The van der Waals surface area contributed by atoms with Crippen molar-refractivity contribution in [2.75, 3.05) is 0 Å². The van der Waals surface area contributed by atoms with Crippen molar-refractivity contribution in [1.82, 2.24) is 49.8 Å². The molecule has 1 atom stereocenters. The van der Waals surface area contributed by atoms with Gasteiger partial charge in [0.1, 0.15) is 12.0 Å². The number of rotatable bonds is 2. The predicted molar refractivity (Wildman–Crippen MR) is 101 cm³/mol. The molecule has 0 fully saturated rings. The summed E-state index contributed by atoms with van der Waals surface area (Å²) in [6, 6.07) is 0. The Morgan fingerprint density at radius 2 is 2.07 bits per heavy atom. The topological polar surface area (TPSA) is 127 Å². The van der Waals surface area contributed by atoms with Gasteiger partial charge in [0.25, 0.3) is 0 Å². The van der Waals surface area contributed by atoms with Crippen molar-refractivity contribution < 1.29 is 4.74 Å². The van der Waals surface area contributed by atoms with Crippen LogP contribution >= 0.6 is 11.6 Å². The summed E-state index contributed by atoms with van der Waals surface area (Å²) in [4.78, 5) is 9.17. The summed E-state index contributed by atoms with van der Waals surface area (Å²) < 4.78 is 9.35. The summed E-state index contributed by atoms with van der Waals surface area (Å²) in [7, 11) is 1.88. The molecule has 6 rings (SSSR count). The summed E-state index contributed by atoms with van der Waals surface area (Å²) in [5.41, 5.74) is 4.73. The van der Waals surface area contributed by atoms with Crippen molar-refractivity contribution in [3.8, 4) is 23.3 Å². The second-order valence-corrected chi connectivity index (χ2v) is 7.22. The number of halogens is 1. The van der Waals surface area contributed by atoms with Crippen LogP contribution in [0.3, 0.4) is 0 Å². The van der Waals surface area contributed by atoms with E-state index in [1.807, 2.05) is 26.4 Å². The lowest BCUT2D eigenvalue weighted by atomic mass is 9.86. The molecule has 5 aromatic heterocycles. The molecule has 0 radical (unpaired) electrons. The molecule has 29 heavy (non-hydrogen) atoms. The van der Waals surface area contributed by atoms with E-state index in [0.29, 0.717) is 33.9 Å². The molecule has 0 aromatic carbocycles. The van der Waals surface area contributed by atoms with E-state index >= 15 is 0 Å². The third kappa shape index (κ3) is 2.24. The maximum atomic E-state index is 6.20. The molecule has 0 amide bonds. The Morgan fingerprint density at radius 3 is 2.83 bits per heavy atom. The van der Waals surface area contributed by atoms with E-state index in [4.69, 9.17) is 21.3 Å². The minimum atomic E-state index is -0.216. The molecule has 1 aliphatic heterocycles. The number of ether oxygens (including phenoxy) is 1. The Kier molecular flexibility index (Phi) is 3.16. The van der Waals surface area contributed by atoms with Crippen molar-refractivity contribution in [3.05, 3.63) is 52.3 Å². The molecule has 5 aromatic rings. The zero-order valence-corrected chi connectivity index (χ0v) is 16.0. The monoisotopic (exact) mass is 408 g/mol. The second kappa shape index (κ2) is 5.64.